The van der Waals surface area contributed by atoms with Crippen molar-refractivity contribution < 1.29 is 9.53 Å². The summed E-state index contributed by atoms with van der Waals surface area (Å²) in [7, 11) is 0. The highest BCUT2D eigenvalue weighted by molar-refractivity contribution is 9.10. The smallest absolute Gasteiger partial charge is 0.323 e. The molecule has 1 aromatic heterocycles. The van der Waals surface area contributed by atoms with E-state index in [-0.39, 0.29) is 6.03 Å². The van der Waals surface area contributed by atoms with Gasteiger partial charge in [-0.15, -0.1) is 0 Å². The molecule has 0 spiro atoms. The van der Waals surface area contributed by atoms with Crippen molar-refractivity contribution in [3.05, 3.63) is 52.6 Å². The molecule has 0 fully saturated rings. The number of ether oxygens (including phenoxy) is 1. The summed E-state index contributed by atoms with van der Waals surface area (Å²) in [6.45, 7) is 6.05. The van der Waals surface area contributed by atoms with Gasteiger partial charge in [0.15, 0.2) is 6.23 Å². The Kier molecular flexibility index (Phi) is 5.98. The first kappa shape index (κ1) is 17.3. The average Bonchev–Trinajstić information content (AvgIpc) is 2.47. The van der Waals surface area contributed by atoms with Gasteiger partial charge in [0.25, 0.3) is 0 Å². The van der Waals surface area contributed by atoms with Gasteiger partial charge in [0.1, 0.15) is 11.6 Å². The number of anilines is 1. The SMILES string of the molecule is CC(NC(=O)Nc1cc(Br)ccn1)Oc1ccc(C(C)C)cc1. The number of benzene rings is 1. The van der Waals surface area contributed by atoms with E-state index >= 15 is 0 Å². The minimum atomic E-state index is -0.466. The highest BCUT2D eigenvalue weighted by atomic mass is 79.9. The van der Waals surface area contributed by atoms with Crippen molar-refractivity contribution in [3.63, 3.8) is 0 Å². The van der Waals surface area contributed by atoms with Crippen LogP contribution >= 0.6 is 15.9 Å². The van der Waals surface area contributed by atoms with Crippen molar-refractivity contribution in [3.8, 4) is 5.75 Å². The number of aromatic nitrogens is 1. The molecule has 0 radical (unpaired) electrons. The van der Waals surface area contributed by atoms with Crippen LogP contribution in [0, 0.1) is 0 Å². The van der Waals surface area contributed by atoms with Crippen molar-refractivity contribution in [2.75, 3.05) is 5.32 Å². The Hall–Kier alpha value is -2.08. The Balaban J connectivity index is 1.86. The van der Waals surface area contributed by atoms with Crippen molar-refractivity contribution >= 4 is 27.8 Å². The molecule has 2 N–H and O–H groups in total. The first-order chi connectivity index (χ1) is 10.9. The minimum absolute atomic E-state index is 0.373. The Bertz CT molecular complexity index is 659. The van der Waals surface area contributed by atoms with Crippen molar-refractivity contribution in [1.29, 1.82) is 0 Å². The Labute approximate surface area is 144 Å². The Morgan fingerprint density at radius 1 is 1.17 bits per heavy atom. The second-order valence-corrected chi connectivity index (χ2v) is 6.36. The maximum absolute atomic E-state index is 11.9. The van der Waals surface area contributed by atoms with Gasteiger partial charge in [-0.2, -0.15) is 0 Å². The lowest BCUT2D eigenvalue weighted by Gasteiger charge is -2.17. The normalized spacial score (nSPS) is 11.9. The lowest BCUT2D eigenvalue weighted by Crippen LogP contribution is -2.39. The highest BCUT2D eigenvalue weighted by Gasteiger charge is 2.09. The van der Waals surface area contributed by atoms with Gasteiger partial charge in [-0.05, 0) is 42.7 Å². The summed E-state index contributed by atoms with van der Waals surface area (Å²) in [5.41, 5.74) is 1.25. The Morgan fingerprint density at radius 3 is 2.48 bits per heavy atom. The molecule has 2 rings (SSSR count). The van der Waals surface area contributed by atoms with E-state index in [9.17, 15) is 4.79 Å². The largest absolute Gasteiger partial charge is 0.471 e. The van der Waals surface area contributed by atoms with E-state index in [1.165, 1.54) is 5.56 Å². The Morgan fingerprint density at radius 2 is 1.87 bits per heavy atom. The molecule has 0 aliphatic rings. The zero-order valence-electron chi connectivity index (χ0n) is 13.3. The van der Waals surface area contributed by atoms with Gasteiger partial charge < -0.3 is 10.1 Å². The summed E-state index contributed by atoms with van der Waals surface area (Å²) < 4.78 is 6.52. The lowest BCUT2D eigenvalue weighted by molar-refractivity contribution is 0.183. The van der Waals surface area contributed by atoms with Crippen LogP contribution in [0.2, 0.25) is 0 Å². The fourth-order valence-corrected chi connectivity index (χ4v) is 2.31. The number of carbonyl (C=O) groups is 1. The van der Waals surface area contributed by atoms with Crippen LogP contribution in [0.25, 0.3) is 0 Å². The third-order valence-corrected chi connectivity index (χ3v) is 3.65. The van der Waals surface area contributed by atoms with Gasteiger partial charge in [0.05, 0.1) is 0 Å². The molecule has 0 saturated heterocycles. The van der Waals surface area contributed by atoms with E-state index < -0.39 is 6.23 Å². The molecule has 0 bridgehead atoms. The fraction of sp³-hybridized carbons (Fsp3) is 0.294. The average molecular weight is 378 g/mol. The molecule has 2 amide bonds. The van der Waals surface area contributed by atoms with Crippen LogP contribution < -0.4 is 15.4 Å². The van der Waals surface area contributed by atoms with Crippen molar-refractivity contribution in [2.24, 2.45) is 0 Å². The summed E-state index contributed by atoms with van der Waals surface area (Å²) in [6, 6.07) is 11.0. The monoisotopic (exact) mass is 377 g/mol. The molecular formula is C17H20BrN3O2. The molecule has 1 unspecified atom stereocenters. The summed E-state index contributed by atoms with van der Waals surface area (Å²) >= 11 is 3.33. The number of urea groups is 1. The molecule has 1 atom stereocenters. The number of hydrogen-bond donors (Lipinski definition) is 2. The zero-order valence-corrected chi connectivity index (χ0v) is 14.9. The number of amides is 2. The maximum atomic E-state index is 11.9. The predicted molar refractivity (Wildman–Crippen MR) is 94.7 cm³/mol. The van der Waals surface area contributed by atoms with Crippen molar-refractivity contribution in [2.45, 2.75) is 32.9 Å². The predicted octanol–water partition coefficient (Wildman–Crippen LogP) is 4.51. The standard InChI is InChI=1S/C17H20BrN3O2/c1-11(2)13-4-6-15(7-5-13)23-12(3)20-17(22)21-16-10-14(18)8-9-19-16/h4-12H,1-3H3,(H2,19,20,21,22). The van der Waals surface area contributed by atoms with Gasteiger partial charge in [-0.3, -0.25) is 5.32 Å². The number of nitrogens with zero attached hydrogens (tertiary/aromatic N) is 1. The molecule has 1 heterocycles. The van der Waals surface area contributed by atoms with Crippen LogP contribution in [0.1, 0.15) is 32.3 Å². The molecule has 23 heavy (non-hydrogen) atoms. The number of carbonyl (C=O) groups excluding carboxylic acids is 1. The summed E-state index contributed by atoms with van der Waals surface area (Å²) in [6.07, 6.45) is 1.14. The fourth-order valence-electron chi connectivity index (χ4n) is 1.98. The summed E-state index contributed by atoms with van der Waals surface area (Å²) in [5, 5.41) is 5.36. The van der Waals surface area contributed by atoms with Gasteiger partial charge in [-0.1, -0.05) is 41.9 Å². The number of hydrogen-bond acceptors (Lipinski definition) is 3. The first-order valence-corrected chi connectivity index (χ1v) is 8.19. The van der Waals surface area contributed by atoms with E-state index in [0.717, 1.165) is 4.47 Å². The summed E-state index contributed by atoms with van der Waals surface area (Å²) in [4.78, 5) is 16.0. The number of nitrogens with one attached hydrogen (secondary N) is 2. The maximum Gasteiger partial charge on any atom is 0.323 e. The zero-order chi connectivity index (χ0) is 16.8. The van der Waals surface area contributed by atoms with E-state index in [4.69, 9.17) is 4.74 Å². The molecule has 122 valence electrons. The third kappa shape index (κ3) is 5.56. The van der Waals surface area contributed by atoms with Crippen molar-refractivity contribution in [1.82, 2.24) is 10.3 Å². The molecule has 6 heteroatoms. The van der Waals surface area contributed by atoms with Crippen LogP contribution in [0.3, 0.4) is 0 Å². The number of halogens is 1. The molecule has 5 nitrogen and oxygen atoms in total. The topological polar surface area (TPSA) is 63.2 Å². The van der Waals surface area contributed by atoms with Crippen LogP contribution in [0.4, 0.5) is 10.6 Å². The molecule has 0 aliphatic heterocycles. The quantitative estimate of drug-likeness (QED) is 0.753. The van der Waals surface area contributed by atoms with Gasteiger partial charge >= 0.3 is 6.03 Å². The second-order valence-electron chi connectivity index (χ2n) is 5.44. The highest BCUT2D eigenvalue weighted by Crippen LogP contribution is 2.19. The number of pyridine rings is 1. The molecule has 1 aromatic carbocycles. The van der Waals surface area contributed by atoms with Crippen LogP contribution in [-0.2, 0) is 0 Å². The molecule has 0 aliphatic carbocycles. The van der Waals surface area contributed by atoms with E-state index in [1.807, 2.05) is 24.3 Å². The minimum Gasteiger partial charge on any atom is -0.471 e. The second kappa shape index (κ2) is 7.97. The first-order valence-electron chi connectivity index (χ1n) is 7.39. The van der Waals surface area contributed by atoms with Gasteiger partial charge in [-0.25, -0.2) is 9.78 Å². The van der Waals surface area contributed by atoms with Crippen LogP contribution in [0.15, 0.2) is 47.1 Å². The van der Waals surface area contributed by atoms with E-state index in [2.05, 4.69) is 45.4 Å². The summed E-state index contributed by atoms with van der Waals surface area (Å²) in [5.74, 6) is 1.65. The van der Waals surface area contributed by atoms with E-state index in [1.54, 1.807) is 25.3 Å². The van der Waals surface area contributed by atoms with Gasteiger partial charge in [0.2, 0.25) is 0 Å². The molecular weight excluding hydrogens is 358 g/mol. The van der Waals surface area contributed by atoms with Crippen LogP contribution in [0.5, 0.6) is 5.75 Å². The third-order valence-electron chi connectivity index (χ3n) is 3.16. The molecule has 2 aromatic rings. The van der Waals surface area contributed by atoms with E-state index in [0.29, 0.717) is 17.5 Å². The van der Waals surface area contributed by atoms with Crippen LogP contribution in [-0.4, -0.2) is 17.2 Å². The van der Waals surface area contributed by atoms with Gasteiger partial charge in [0, 0.05) is 10.7 Å². The lowest BCUT2D eigenvalue weighted by atomic mass is 10.0. The number of rotatable bonds is 5. The molecule has 0 saturated carbocycles.